The molecule has 88 valence electrons. The third-order valence-electron chi connectivity index (χ3n) is 2.18. The van der Waals surface area contributed by atoms with Gasteiger partial charge >= 0.3 is 0 Å². The van der Waals surface area contributed by atoms with E-state index in [0.29, 0.717) is 11.0 Å². The number of anilines is 1. The number of aromatic nitrogens is 1. The molecule has 0 aliphatic rings. The van der Waals surface area contributed by atoms with E-state index in [1.807, 2.05) is 6.07 Å². The van der Waals surface area contributed by atoms with E-state index < -0.39 is 0 Å². The maximum absolute atomic E-state index is 12.9. The van der Waals surface area contributed by atoms with Crippen LogP contribution in [0.25, 0.3) is 0 Å². The lowest BCUT2D eigenvalue weighted by Gasteiger charge is -2.08. The highest BCUT2D eigenvalue weighted by Crippen LogP contribution is 2.23. The van der Waals surface area contributed by atoms with Crippen LogP contribution in [0.3, 0.4) is 0 Å². The first-order valence-corrected chi connectivity index (χ1v) is 6.52. The van der Waals surface area contributed by atoms with E-state index in [4.69, 9.17) is 0 Å². The third-order valence-corrected chi connectivity index (χ3v) is 3.27. The zero-order valence-electron chi connectivity index (χ0n) is 8.75. The topological polar surface area (TPSA) is 24.9 Å². The summed E-state index contributed by atoms with van der Waals surface area (Å²) in [6.45, 7) is 0.636. The van der Waals surface area contributed by atoms with Gasteiger partial charge in [-0.15, -0.1) is 0 Å². The molecule has 0 spiro atoms. The van der Waals surface area contributed by atoms with Crippen molar-refractivity contribution in [2.24, 2.45) is 0 Å². The van der Waals surface area contributed by atoms with Crippen LogP contribution in [-0.2, 0) is 6.54 Å². The van der Waals surface area contributed by atoms with Crippen LogP contribution < -0.4 is 5.32 Å². The minimum absolute atomic E-state index is 0.258. The van der Waals surface area contributed by atoms with Crippen molar-refractivity contribution in [1.29, 1.82) is 0 Å². The van der Waals surface area contributed by atoms with E-state index in [1.165, 1.54) is 12.1 Å². The summed E-state index contributed by atoms with van der Waals surface area (Å²) in [5.41, 5.74) is 1.90. The second-order valence-corrected chi connectivity index (χ2v) is 5.26. The van der Waals surface area contributed by atoms with E-state index in [1.54, 1.807) is 18.5 Å². The van der Waals surface area contributed by atoms with Crippen LogP contribution in [0, 0.1) is 5.82 Å². The van der Waals surface area contributed by atoms with E-state index >= 15 is 0 Å². The first-order valence-electron chi connectivity index (χ1n) is 4.93. The summed E-state index contributed by atoms with van der Waals surface area (Å²) in [6.07, 6.45) is 3.52. The van der Waals surface area contributed by atoms with Crippen LogP contribution in [0.15, 0.2) is 45.6 Å². The molecule has 2 aromatic rings. The van der Waals surface area contributed by atoms with Crippen molar-refractivity contribution in [2.45, 2.75) is 6.54 Å². The van der Waals surface area contributed by atoms with E-state index in [0.717, 1.165) is 15.7 Å². The first-order chi connectivity index (χ1) is 8.15. The molecule has 17 heavy (non-hydrogen) atoms. The number of nitrogens with one attached hydrogen (secondary N) is 1. The molecular formula is C12H9Br2FN2. The normalized spacial score (nSPS) is 10.3. The molecule has 1 aromatic carbocycles. The molecular weight excluding hydrogens is 351 g/mol. The maximum atomic E-state index is 12.9. The van der Waals surface area contributed by atoms with Crippen molar-refractivity contribution in [1.82, 2.24) is 4.98 Å². The number of nitrogens with zero attached hydrogens (tertiary/aromatic N) is 1. The van der Waals surface area contributed by atoms with Crippen LogP contribution in [0.4, 0.5) is 10.1 Å². The van der Waals surface area contributed by atoms with Gasteiger partial charge in [0.05, 0.1) is 0 Å². The molecule has 0 amide bonds. The molecule has 0 fully saturated rings. The lowest BCUT2D eigenvalue weighted by Crippen LogP contribution is -2.00. The maximum Gasteiger partial charge on any atom is 0.124 e. The lowest BCUT2D eigenvalue weighted by molar-refractivity contribution is 0.627. The number of hydrogen-bond donors (Lipinski definition) is 1. The van der Waals surface area contributed by atoms with Crippen LogP contribution in [0.2, 0.25) is 0 Å². The van der Waals surface area contributed by atoms with Crippen molar-refractivity contribution in [3.8, 4) is 0 Å². The molecule has 2 rings (SSSR count). The Morgan fingerprint density at radius 1 is 1.18 bits per heavy atom. The molecule has 0 radical (unpaired) electrons. The molecule has 1 N–H and O–H groups in total. The Morgan fingerprint density at radius 2 is 2.00 bits per heavy atom. The Labute approximate surface area is 116 Å². The fraction of sp³-hybridized carbons (Fsp3) is 0.0833. The molecule has 0 aliphatic carbocycles. The van der Waals surface area contributed by atoms with E-state index in [-0.39, 0.29) is 5.82 Å². The monoisotopic (exact) mass is 358 g/mol. The van der Waals surface area contributed by atoms with Gasteiger partial charge in [-0.3, -0.25) is 4.98 Å². The molecule has 5 heteroatoms. The number of benzene rings is 1. The van der Waals surface area contributed by atoms with Gasteiger partial charge in [-0.25, -0.2) is 4.39 Å². The summed E-state index contributed by atoms with van der Waals surface area (Å²) in [5, 5.41) is 3.21. The van der Waals surface area contributed by atoms with Crippen molar-refractivity contribution in [2.75, 3.05) is 5.32 Å². The minimum atomic E-state index is -0.258. The van der Waals surface area contributed by atoms with Gasteiger partial charge in [-0.2, -0.15) is 0 Å². The van der Waals surface area contributed by atoms with Gasteiger partial charge in [0.2, 0.25) is 0 Å². The van der Waals surface area contributed by atoms with Gasteiger partial charge in [0.1, 0.15) is 5.82 Å². The smallest absolute Gasteiger partial charge is 0.124 e. The van der Waals surface area contributed by atoms with Crippen LogP contribution in [0.1, 0.15) is 5.56 Å². The van der Waals surface area contributed by atoms with Crippen molar-refractivity contribution in [3.05, 3.63) is 57.0 Å². The van der Waals surface area contributed by atoms with E-state index in [2.05, 4.69) is 42.2 Å². The fourth-order valence-corrected chi connectivity index (χ4v) is 2.29. The summed E-state index contributed by atoms with van der Waals surface area (Å²) >= 11 is 6.67. The van der Waals surface area contributed by atoms with Gasteiger partial charge in [0.25, 0.3) is 0 Å². The highest BCUT2D eigenvalue weighted by Gasteiger charge is 2.01. The summed E-state index contributed by atoms with van der Waals surface area (Å²) < 4.78 is 14.5. The summed E-state index contributed by atoms with van der Waals surface area (Å²) in [5.74, 6) is -0.258. The van der Waals surface area contributed by atoms with Gasteiger partial charge in [-0.1, -0.05) is 0 Å². The predicted molar refractivity (Wildman–Crippen MR) is 73.4 cm³/mol. The van der Waals surface area contributed by atoms with Gasteiger partial charge < -0.3 is 5.32 Å². The number of hydrogen-bond acceptors (Lipinski definition) is 2. The van der Waals surface area contributed by atoms with Gasteiger partial charge in [0, 0.05) is 33.6 Å². The Hall–Kier alpha value is -0.940. The number of halogens is 3. The summed E-state index contributed by atoms with van der Waals surface area (Å²) in [7, 11) is 0. The third kappa shape index (κ3) is 3.51. The standard InChI is InChI=1S/C12H9Br2FN2/c13-9-3-8(5-16-7-9)6-17-12-2-1-10(15)4-11(12)14/h1-5,7,17H,6H2. The van der Waals surface area contributed by atoms with Crippen molar-refractivity contribution < 1.29 is 4.39 Å². The fourth-order valence-electron chi connectivity index (χ4n) is 1.38. The molecule has 0 saturated carbocycles. The van der Waals surface area contributed by atoms with Gasteiger partial charge in [-0.05, 0) is 61.7 Å². The quantitative estimate of drug-likeness (QED) is 0.880. The highest BCUT2D eigenvalue weighted by atomic mass is 79.9. The van der Waals surface area contributed by atoms with Crippen LogP contribution in [0.5, 0.6) is 0 Å². The van der Waals surface area contributed by atoms with Crippen molar-refractivity contribution >= 4 is 37.5 Å². The molecule has 1 heterocycles. The van der Waals surface area contributed by atoms with E-state index in [9.17, 15) is 4.39 Å². The molecule has 0 saturated heterocycles. The second-order valence-electron chi connectivity index (χ2n) is 3.49. The number of pyridine rings is 1. The summed E-state index contributed by atoms with van der Waals surface area (Å²) in [4.78, 5) is 4.07. The average Bonchev–Trinajstić information content (AvgIpc) is 2.28. The van der Waals surface area contributed by atoms with Crippen LogP contribution >= 0.6 is 31.9 Å². The Balaban J connectivity index is 2.07. The Morgan fingerprint density at radius 3 is 2.71 bits per heavy atom. The Kier molecular flexibility index (Phi) is 4.12. The minimum Gasteiger partial charge on any atom is -0.380 e. The SMILES string of the molecule is Fc1ccc(NCc2cncc(Br)c2)c(Br)c1. The molecule has 1 aromatic heterocycles. The Bertz CT molecular complexity index is 532. The highest BCUT2D eigenvalue weighted by molar-refractivity contribution is 9.10. The van der Waals surface area contributed by atoms with Crippen LogP contribution in [-0.4, -0.2) is 4.98 Å². The zero-order chi connectivity index (χ0) is 12.3. The van der Waals surface area contributed by atoms with Gasteiger partial charge in [0.15, 0.2) is 0 Å². The molecule has 0 aliphatic heterocycles. The largest absolute Gasteiger partial charge is 0.380 e. The molecule has 0 unspecified atom stereocenters. The molecule has 0 atom stereocenters. The average molecular weight is 360 g/mol. The molecule has 2 nitrogen and oxygen atoms in total. The van der Waals surface area contributed by atoms with Crippen molar-refractivity contribution in [3.63, 3.8) is 0 Å². The first kappa shape index (κ1) is 12.5. The predicted octanol–water partition coefficient (Wildman–Crippen LogP) is 4.36. The number of rotatable bonds is 3. The second kappa shape index (κ2) is 5.60. The summed E-state index contributed by atoms with van der Waals surface area (Å²) in [6, 6.07) is 6.54. The molecule has 0 bridgehead atoms. The lowest BCUT2D eigenvalue weighted by atomic mass is 10.2. The zero-order valence-corrected chi connectivity index (χ0v) is 11.9.